The number of hydrogen-bond acceptors (Lipinski definition) is 4. The predicted molar refractivity (Wildman–Crippen MR) is 90.5 cm³/mol. The lowest BCUT2D eigenvalue weighted by Crippen LogP contribution is -2.15. The topological polar surface area (TPSA) is 67.8 Å². The Morgan fingerprint density at radius 2 is 1.86 bits per heavy atom. The summed E-state index contributed by atoms with van der Waals surface area (Å²) in [7, 11) is -3.36. The quantitative estimate of drug-likeness (QED) is 0.616. The SMILES string of the molecule is CS(=O)(=O)N/N=C\c1ccccc1OCc1ccc(Br)cc1. The molecule has 7 heteroatoms. The van der Waals surface area contributed by atoms with E-state index in [1.807, 2.05) is 36.4 Å². The van der Waals surface area contributed by atoms with E-state index in [0.29, 0.717) is 17.9 Å². The van der Waals surface area contributed by atoms with Gasteiger partial charge in [0.05, 0.1) is 12.5 Å². The van der Waals surface area contributed by atoms with Gasteiger partial charge >= 0.3 is 0 Å². The summed E-state index contributed by atoms with van der Waals surface area (Å²) in [5, 5.41) is 3.69. The van der Waals surface area contributed by atoms with Crippen molar-refractivity contribution in [1.29, 1.82) is 0 Å². The summed E-state index contributed by atoms with van der Waals surface area (Å²) in [6.07, 6.45) is 2.46. The first-order valence-electron chi connectivity index (χ1n) is 6.40. The van der Waals surface area contributed by atoms with Gasteiger partial charge in [0.2, 0.25) is 10.0 Å². The van der Waals surface area contributed by atoms with Crippen molar-refractivity contribution in [2.75, 3.05) is 6.26 Å². The maximum absolute atomic E-state index is 11.0. The fourth-order valence-corrected chi connectivity index (χ4v) is 2.16. The number of para-hydroxylation sites is 1. The van der Waals surface area contributed by atoms with E-state index in [4.69, 9.17) is 4.74 Å². The van der Waals surface area contributed by atoms with Gasteiger partial charge in [-0.15, -0.1) is 0 Å². The highest BCUT2D eigenvalue weighted by molar-refractivity contribution is 9.10. The molecule has 2 rings (SSSR count). The van der Waals surface area contributed by atoms with E-state index in [2.05, 4.69) is 25.9 Å². The van der Waals surface area contributed by atoms with Crippen molar-refractivity contribution in [3.8, 4) is 5.75 Å². The van der Waals surface area contributed by atoms with Crippen LogP contribution in [0.3, 0.4) is 0 Å². The normalized spacial score (nSPS) is 11.5. The van der Waals surface area contributed by atoms with E-state index in [9.17, 15) is 8.42 Å². The number of rotatable bonds is 6. The van der Waals surface area contributed by atoms with E-state index in [1.165, 1.54) is 6.21 Å². The molecule has 0 amide bonds. The van der Waals surface area contributed by atoms with Crippen LogP contribution < -0.4 is 9.57 Å². The van der Waals surface area contributed by atoms with E-state index >= 15 is 0 Å². The predicted octanol–water partition coefficient (Wildman–Crippen LogP) is 2.91. The Morgan fingerprint density at radius 3 is 2.55 bits per heavy atom. The molecule has 0 saturated carbocycles. The van der Waals surface area contributed by atoms with Crippen LogP contribution in [0.1, 0.15) is 11.1 Å². The number of hydrogen-bond donors (Lipinski definition) is 1. The molecule has 2 aromatic carbocycles. The molecule has 0 unspecified atom stereocenters. The third-order valence-electron chi connectivity index (χ3n) is 2.65. The van der Waals surface area contributed by atoms with E-state index in [-0.39, 0.29) is 0 Å². The lowest BCUT2D eigenvalue weighted by molar-refractivity contribution is 0.306. The smallest absolute Gasteiger partial charge is 0.244 e. The van der Waals surface area contributed by atoms with Crippen molar-refractivity contribution >= 4 is 32.2 Å². The van der Waals surface area contributed by atoms with Crippen LogP contribution in [0.15, 0.2) is 58.1 Å². The third kappa shape index (κ3) is 5.50. The Labute approximate surface area is 138 Å². The summed E-state index contributed by atoms with van der Waals surface area (Å²) in [4.78, 5) is 2.06. The Balaban J connectivity index is 2.06. The number of ether oxygens (including phenoxy) is 1. The van der Waals surface area contributed by atoms with E-state index in [0.717, 1.165) is 16.3 Å². The number of benzene rings is 2. The number of nitrogens with one attached hydrogen (secondary N) is 1. The standard InChI is InChI=1S/C15H15BrN2O3S/c1-22(19,20)18-17-10-13-4-2-3-5-15(13)21-11-12-6-8-14(16)9-7-12/h2-10,18H,11H2,1H3/b17-10-. The van der Waals surface area contributed by atoms with Crippen LogP contribution in [0.4, 0.5) is 0 Å². The molecule has 0 aliphatic carbocycles. The average Bonchev–Trinajstić information content (AvgIpc) is 2.46. The van der Waals surface area contributed by atoms with E-state index < -0.39 is 10.0 Å². The maximum Gasteiger partial charge on any atom is 0.244 e. The molecule has 116 valence electrons. The number of hydrazone groups is 1. The van der Waals surface area contributed by atoms with Gasteiger partial charge in [-0.3, -0.25) is 0 Å². The monoisotopic (exact) mass is 382 g/mol. The minimum atomic E-state index is -3.36. The summed E-state index contributed by atoms with van der Waals surface area (Å²) < 4.78 is 28.7. The first kappa shape index (κ1) is 16.5. The minimum absolute atomic E-state index is 0.414. The van der Waals surface area contributed by atoms with Crippen LogP contribution in [-0.2, 0) is 16.6 Å². The molecule has 0 saturated heterocycles. The molecule has 22 heavy (non-hydrogen) atoms. The van der Waals surface area contributed by atoms with Crippen molar-refractivity contribution < 1.29 is 13.2 Å². The Morgan fingerprint density at radius 1 is 1.18 bits per heavy atom. The second kappa shape index (κ2) is 7.42. The summed E-state index contributed by atoms with van der Waals surface area (Å²) in [6, 6.07) is 15.1. The summed E-state index contributed by atoms with van der Waals surface area (Å²) in [5.41, 5.74) is 1.72. The molecule has 0 aromatic heterocycles. The zero-order chi connectivity index (χ0) is 16.0. The van der Waals surface area contributed by atoms with Gasteiger partial charge in [0.15, 0.2) is 0 Å². The zero-order valence-electron chi connectivity index (χ0n) is 11.9. The van der Waals surface area contributed by atoms with Crippen LogP contribution >= 0.6 is 15.9 Å². The number of nitrogens with zero attached hydrogens (tertiary/aromatic N) is 1. The van der Waals surface area contributed by atoms with Crippen molar-refractivity contribution in [1.82, 2.24) is 4.83 Å². The highest BCUT2D eigenvalue weighted by Gasteiger charge is 2.02. The van der Waals surface area contributed by atoms with Crippen LogP contribution in [0.2, 0.25) is 0 Å². The van der Waals surface area contributed by atoms with Crippen LogP contribution in [0.5, 0.6) is 5.75 Å². The molecule has 2 aromatic rings. The molecule has 0 fully saturated rings. The lowest BCUT2D eigenvalue weighted by Gasteiger charge is -2.09. The summed E-state index contributed by atoms with van der Waals surface area (Å²) in [6.45, 7) is 0.414. The Kier molecular flexibility index (Phi) is 5.57. The van der Waals surface area contributed by atoms with Gasteiger partial charge in [0.25, 0.3) is 0 Å². The second-order valence-electron chi connectivity index (χ2n) is 4.57. The van der Waals surface area contributed by atoms with Gasteiger partial charge in [-0.2, -0.15) is 5.10 Å². The third-order valence-corrected chi connectivity index (χ3v) is 3.61. The van der Waals surface area contributed by atoms with Gasteiger partial charge in [0, 0.05) is 10.0 Å². The highest BCUT2D eigenvalue weighted by Crippen LogP contribution is 2.18. The zero-order valence-corrected chi connectivity index (χ0v) is 14.3. The molecule has 0 bridgehead atoms. The molecule has 1 N–H and O–H groups in total. The molecule has 0 aliphatic rings. The van der Waals surface area contributed by atoms with Gasteiger partial charge in [-0.25, -0.2) is 13.2 Å². The highest BCUT2D eigenvalue weighted by atomic mass is 79.9. The molecule has 0 atom stereocenters. The molecular formula is C15H15BrN2O3S. The fourth-order valence-electron chi connectivity index (χ4n) is 1.65. The largest absolute Gasteiger partial charge is 0.488 e. The van der Waals surface area contributed by atoms with Crippen LogP contribution in [-0.4, -0.2) is 20.9 Å². The molecule has 0 heterocycles. The summed E-state index contributed by atoms with van der Waals surface area (Å²) in [5.74, 6) is 0.629. The first-order valence-corrected chi connectivity index (χ1v) is 9.08. The molecule has 0 radical (unpaired) electrons. The first-order chi connectivity index (χ1) is 10.4. The van der Waals surface area contributed by atoms with Gasteiger partial charge in [0.1, 0.15) is 12.4 Å². The minimum Gasteiger partial charge on any atom is -0.488 e. The molecule has 0 aliphatic heterocycles. The molecule has 5 nitrogen and oxygen atoms in total. The van der Waals surface area contributed by atoms with Gasteiger partial charge in [-0.05, 0) is 29.8 Å². The summed E-state index contributed by atoms with van der Waals surface area (Å²) >= 11 is 3.38. The van der Waals surface area contributed by atoms with Crippen LogP contribution in [0.25, 0.3) is 0 Å². The van der Waals surface area contributed by atoms with Crippen molar-refractivity contribution in [2.45, 2.75) is 6.61 Å². The molecule has 0 spiro atoms. The lowest BCUT2D eigenvalue weighted by atomic mass is 10.2. The van der Waals surface area contributed by atoms with Gasteiger partial charge in [-0.1, -0.05) is 40.2 Å². The Hall–Kier alpha value is -1.86. The second-order valence-corrected chi connectivity index (χ2v) is 7.22. The number of halogens is 1. The van der Waals surface area contributed by atoms with Crippen molar-refractivity contribution in [3.05, 3.63) is 64.1 Å². The van der Waals surface area contributed by atoms with Crippen molar-refractivity contribution in [2.24, 2.45) is 5.10 Å². The fraction of sp³-hybridized carbons (Fsp3) is 0.133. The van der Waals surface area contributed by atoms with Crippen LogP contribution in [0, 0.1) is 0 Å². The van der Waals surface area contributed by atoms with E-state index in [1.54, 1.807) is 12.1 Å². The van der Waals surface area contributed by atoms with Gasteiger partial charge < -0.3 is 4.74 Å². The molecular weight excluding hydrogens is 368 g/mol. The van der Waals surface area contributed by atoms with Crippen molar-refractivity contribution in [3.63, 3.8) is 0 Å². The average molecular weight is 383 g/mol. The number of sulfonamides is 1. The maximum atomic E-state index is 11.0. The Bertz CT molecular complexity index is 759.